The zero-order valence-corrected chi connectivity index (χ0v) is 9.39. The predicted octanol–water partition coefficient (Wildman–Crippen LogP) is 0.301. The van der Waals surface area contributed by atoms with Gasteiger partial charge in [-0.3, -0.25) is 9.78 Å². The Morgan fingerprint density at radius 2 is 2.44 bits per heavy atom. The van der Waals surface area contributed by atoms with Crippen molar-refractivity contribution >= 4 is 5.91 Å². The summed E-state index contributed by atoms with van der Waals surface area (Å²) in [4.78, 5) is 22.0. The van der Waals surface area contributed by atoms with Crippen LogP contribution in [0.15, 0.2) is 18.6 Å². The van der Waals surface area contributed by atoms with Crippen LogP contribution < -0.4 is 5.32 Å². The van der Waals surface area contributed by atoms with Crippen molar-refractivity contribution in [2.24, 2.45) is 0 Å². The summed E-state index contributed by atoms with van der Waals surface area (Å²) in [6.45, 7) is 4.64. The van der Waals surface area contributed by atoms with Crippen molar-refractivity contribution in [1.82, 2.24) is 20.2 Å². The lowest BCUT2D eigenvalue weighted by atomic mass is 10.2. The minimum absolute atomic E-state index is 0.0238. The summed E-state index contributed by atoms with van der Waals surface area (Å²) in [7, 11) is 0. The van der Waals surface area contributed by atoms with Crippen LogP contribution in [0.25, 0.3) is 0 Å². The van der Waals surface area contributed by atoms with Gasteiger partial charge in [0.15, 0.2) is 0 Å². The summed E-state index contributed by atoms with van der Waals surface area (Å²) in [5.41, 5.74) is 0.427. The maximum Gasteiger partial charge on any atom is 0.274 e. The average molecular weight is 220 g/mol. The molecule has 1 aromatic rings. The molecule has 86 valence electrons. The Hall–Kier alpha value is -1.49. The van der Waals surface area contributed by atoms with Crippen LogP contribution in [0.4, 0.5) is 0 Å². The fraction of sp³-hybridized carbons (Fsp3) is 0.545. The molecule has 0 aromatic carbocycles. The van der Waals surface area contributed by atoms with E-state index in [0.717, 1.165) is 26.1 Å². The zero-order chi connectivity index (χ0) is 11.4. The first-order valence-electron chi connectivity index (χ1n) is 5.57. The molecule has 1 aromatic heterocycles. The Bertz CT molecular complexity index is 354. The lowest BCUT2D eigenvalue weighted by molar-refractivity contribution is 0.0700. The number of carbonyl (C=O) groups is 1. The summed E-state index contributed by atoms with van der Waals surface area (Å²) in [5.74, 6) is -0.0238. The van der Waals surface area contributed by atoms with Gasteiger partial charge in [-0.05, 0) is 19.9 Å². The summed E-state index contributed by atoms with van der Waals surface area (Å²) < 4.78 is 0. The first-order valence-corrected chi connectivity index (χ1v) is 5.57. The summed E-state index contributed by atoms with van der Waals surface area (Å²) >= 11 is 0. The van der Waals surface area contributed by atoms with Crippen molar-refractivity contribution in [1.29, 1.82) is 0 Å². The number of hydrogen-bond donors (Lipinski definition) is 1. The molecule has 1 fully saturated rings. The number of nitrogens with zero attached hydrogens (tertiary/aromatic N) is 3. The van der Waals surface area contributed by atoms with Gasteiger partial charge in [-0.15, -0.1) is 0 Å². The first kappa shape index (κ1) is 11.0. The van der Waals surface area contributed by atoms with E-state index in [-0.39, 0.29) is 11.9 Å². The number of amides is 1. The first-order chi connectivity index (χ1) is 7.79. The molecule has 2 heterocycles. The lowest BCUT2D eigenvalue weighted by Crippen LogP contribution is -2.42. The molecule has 1 atom stereocenters. The largest absolute Gasteiger partial charge is 0.333 e. The molecule has 1 unspecified atom stereocenters. The Balaban J connectivity index is 2.14. The highest BCUT2D eigenvalue weighted by Gasteiger charge is 2.23. The number of hydrogen-bond acceptors (Lipinski definition) is 4. The SMILES string of the molecule is CC1CNCCCN1C(=O)c1cnccn1. The molecular weight excluding hydrogens is 204 g/mol. The van der Waals surface area contributed by atoms with Crippen LogP contribution in [0, 0.1) is 0 Å². The van der Waals surface area contributed by atoms with Gasteiger partial charge in [0.1, 0.15) is 5.69 Å². The molecule has 1 saturated heterocycles. The normalized spacial score (nSPS) is 21.6. The van der Waals surface area contributed by atoms with Crippen LogP contribution in [-0.4, -0.2) is 46.5 Å². The van der Waals surface area contributed by atoms with E-state index in [1.165, 1.54) is 6.20 Å². The highest BCUT2D eigenvalue weighted by atomic mass is 16.2. The molecule has 1 N–H and O–H groups in total. The van der Waals surface area contributed by atoms with Gasteiger partial charge < -0.3 is 10.2 Å². The van der Waals surface area contributed by atoms with Crippen molar-refractivity contribution in [2.75, 3.05) is 19.6 Å². The second-order valence-electron chi connectivity index (χ2n) is 4.00. The van der Waals surface area contributed by atoms with Crippen molar-refractivity contribution in [3.8, 4) is 0 Å². The van der Waals surface area contributed by atoms with E-state index in [9.17, 15) is 4.79 Å². The van der Waals surface area contributed by atoms with Gasteiger partial charge >= 0.3 is 0 Å². The molecule has 5 nitrogen and oxygen atoms in total. The van der Waals surface area contributed by atoms with Gasteiger partial charge in [-0.1, -0.05) is 0 Å². The average Bonchev–Trinajstić information content (AvgIpc) is 2.54. The van der Waals surface area contributed by atoms with Crippen LogP contribution in [0.5, 0.6) is 0 Å². The van der Waals surface area contributed by atoms with Crippen LogP contribution >= 0.6 is 0 Å². The van der Waals surface area contributed by atoms with E-state index < -0.39 is 0 Å². The van der Waals surface area contributed by atoms with E-state index in [0.29, 0.717) is 5.69 Å². The second kappa shape index (κ2) is 5.03. The molecular formula is C11H16N4O. The van der Waals surface area contributed by atoms with Crippen LogP contribution in [0.2, 0.25) is 0 Å². The van der Waals surface area contributed by atoms with Gasteiger partial charge in [0.05, 0.1) is 6.20 Å². The molecule has 2 rings (SSSR count). The van der Waals surface area contributed by atoms with E-state index >= 15 is 0 Å². The molecule has 1 aliphatic rings. The Kier molecular flexibility index (Phi) is 3.46. The number of rotatable bonds is 1. The third-order valence-electron chi connectivity index (χ3n) is 2.77. The molecule has 0 spiro atoms. The van der Waals surface area contributed by atoms with Crippen molar-refractivity contribution in [2.45, 2.75) is 19.4 Å². The van der Waals surface area contributed by atoms with Crippen LogP contribution in [0.1, 0.15) is 23.8 Å². The van der Waals surface area contributed by atoms with Crippen LogP contribution in [0.3, 0.4) is 0 Å². The molecule has 0 aliphatic carbocycles. The fourth-order valence-electron chi connectivity index (χ4n) is 1.87. The topological polar surface area (TPSA) is 58.1 Å². The summed E-state index contributed by atoms with van der Waals surface area (Å²) in [6.07, 6.45) is 5.63. The molecule has 0 radical (unpaired) electrons. The zero-order valence-electron chi connectivity index (χ0n) is 9.39. The standard InChI is InChI=1S/C11H16N4O/c1-9-7-12-3-2-6-15(9)11(16)10-8-13-4-5-14-10/h4-5,8-9,12H,2-3,6-7H2,1H3. The second-order valence-corrected chi connectivity index (χ2v) is 4.00. The van der Waals surface area contributed by atoms with Gasteiger partial charge in [0, 0.05) is 31.5 Å². The van der Waals surface area contributed by atoms with Gasteiger partial charge in [0.2, 0.25) is 0 Å². The minimum Gasteiger partial charge on any atom is -0.333 e. The van der Waals surface area contributed by atoms with Crippen LogP contribution in [-0.2, 0) is 0 Å². The Labute approximate surface area is 94.9 Å². The smallest absolute Gasteiger partial charge is 0.274 e. The molecule has 16 heavy (non-hydrogen) atoms. The molecule has 5 heteroatoms. The molecule has 1 amide bonds. The Morgan fingerprint density at radius 3 is 3.19 bits per heavy atom. The van der Waals surface area contributed by atoms with E-state index in [2.05, 4.69) is 15.3 Å². The monoisotopic (exact) mass is 220 g/mol. The quantitative estimate of drug-likeness (QED) is 0.739. The maximum atomic E-state index is 12.2. The van der Waals surface area contributed by atoms with Crippen molar-refractivity contribution < 1.29 is 4.79 Å². The number of nitrogens with one attached hydrogen (secondary N) is 1. The lowest BCUT2D eigenvalue weighted by Gasteiger charge is -2.26. The highest BCUT2D eigenvalue weighted by molar-refractivity contribution is 5.92. The number of carbonyl (C=O) groups excluding carboxylic acids is 1. The molecule has 0 saturated carbocycles. The van der Waals surface area contributed by atoms with Crippen molar-refractivity contribution in [3.63, 3.8) is 0 Å². The highest BCUT2D eigenvalue weighted by Crippen LogP contribution is 2.08. The summed E-state index contributed by atoms with van der Waals surface area (Å²) in [5, 5.41) is 3.30. The molecule has 0 bridgehead atoms. The maximum absolute atomic E-state index is 12.2. The third kappa shape index (κ3) is 2.36. The minimum atomic E-state index is -0.0238. The van der Waals surface area contributed by atoms with Gasteiger partial charge in [-0.2, -0.15) is 0 Å². The van der Waals surface area contributed by atoms with E-state index in [1.807, 2.05) is 11.8 Å². The molecule has 1 aliphatic heterocycles. The third-order valence-corrected chi connectivity index (χ3v) is 2.77. The predicted molar refractivity (Wildman–Crippen MR) is 60.0 cm³/mol. The van der Waals surface area contributed by atoms with Gasteiger partial charge in [-0.25, -0.2) is 4.98 Å². The fourth-order valence-corrected chi connectivity index (χ4v) is 1.87. The Morgan fingerprint density at radius 1 is 1.56 bits per heavy atom. The summed E-state index contributed by atoms with van der Waals surface area (Å²) in [6, 6.07) is 0.206. The van der Waals surface area contributed by atoms with Crippen molar-refractivity contribution in [3.05, 3.63) is 24.3 Å². The van der Waals surface area contributed by atoms with E-state index in [4.69, 9.17) is 0 Å². The number of aromatic nitrogens is 2. The van der Waals surface area contributed by atoms with E-state index in [1.54, 1.807) is 12.4 Å². The van der Waals surface area contributed by atoms with Gasteiger partial charge in [0.25, 0.3) is 5.91 Å².